The third-order valence-electron chi connectivity index (χ3n) is 5.19. The largest absolute Gasteiger partial charge is 0.493 e. The van der Waals surface area contributed by atoms with Crippen molar-refractivity contribution in [3.05, 3.63) is 59.2 Å². The number of methoxy groups -OCH3 is 2. The molecular formula is C24H29N3O3S. The van der Waals surface area contributed by atoms with Crippen molar-refractivity contribution in [2.45, 2.75) is 44.9 Å². The van der Waals surface area contributed by atoms with Crippen molar-refractivity contribution >= 4 is 29.1 Å². The first-order chi connectivity index (χ1) is 15.1. The van der Waals surface area contributed by atoms with Gasteiger partial charge in [0.1, 0.15) is 0 Å². The summed E-state index contributed by atoms with van der Waals surface area (Å²) in [5, 5.41) is 9.23. The molecular weight excluding hydrogens is 410 g/mol. The van der Waals surface area contributed by atoms with Crippen LogP contribution in [0.1, 0.15) is 42.9 Å². The lowest BCUT2D eigenvalue weighted by atomic mass is 10.1. The first-order valence-corrected chi connectivity index (χ1v) is 11.3. The lowest BCUT2D eigenvalue weighted by Gasteiger charge is -2.17. The van der Waals surface area contributed by atoms with Gasteiger partial charge in [-0.25, -0.2) is 0 Å². The molecule has 1 heterocycles. The second-order valence-electron chi connectivity index (χ2n) is 7.34. The van der Waals surface area contributed by atoms with E-state index in [0.29, 0.717) is 23.2 Å². The minimum Gasteiger partial charge on any atom is -0.493 e. The van der Waals surface area contributed by atoms with E-state index in [0.717, 1.165) is 36.0 Å². The number of aryl methyl sites for hydroxylation is 1. The zero-order valence-corrected chi connectivity index (χ0v) is 19.3. The van der Waals surface area contributed by atoms with Crippen molar-refractivity contribution in [3.8, 4) is 11.5 Å². The Morgan fingerprint density at radius 3 is 2.61 bits per heavy atom. The first-order valence-electron chi connectivity index (χ1n) is 10.4. The van der Waals surface area contributed by atoms with Crippen LogP contribution >= 0.6 is 11.8 Å². The van der Waals surface area contributed by atoms with Gasteiger partial charge in [0, 0.05) is 0 Å². The molecule has 1 saturated heterocycles. The molecule has 2 aromatic rings. The highest BCUT2D eigenvalue weighted by Crippen LogP contribution is 2.32. The highest BCUT2D eigenvalue weighted by Gasteiger charge is 2.37. The third-order valence-corrected chi connectivity index (χ3v) is 6.42. The van der Waals surface area contributed by atoms with E-state index in [1.54, 1.807) is 25.3 Å². The number of amides is 1. The van der Waals surface area contributed by atoms with Crippen LogP contribution in [-0.2, 0) is 11.3 Å². The van der Waals surface area contributed by atoms with Crippen LogP contribution in [0.4, 0.5) is 0 Å². The van der Waals surface area contributed by atoms with Crippen LogP contribution in [0.3, 0.4) is 0 Å². The Morgan fingerprint density at radius 2 is 1.90 bits per heavy atom. The molecule has 0 N–H and O–H groups in total. The fraction of sp³-hybridized carbons (Fsp3) is 0.375. The molecule has 1 amide bonds. The third kappa shape index (κ3) is 5.67. The quantitative estimate of drug-likeness (QED) is 0.406. The van der Waals surface area contributed by atoms with Gasteiger partial charge in [0.25, 0.3) is 0 Å². The molecule has 3 rings (SSSR count). The van der Waals surface area contributed by atoms with Gasteiger partial charge in [-0.1, -0.05) is 55.8 Å². The van der Waals surface area contributed by atoms with E-state index in [-0.39, 0.29) is 11.2 Å². The minimum atomic E-state index is -0.0981. The number of nitrogens with zero attached hydrogens (tertiary/aromatic N) is 3. The number of hydrogen-bond acceptors (Lipinski definition) is 6. The van der Waals surface area contributed by atoms with Gasteiger partial charge in [0.2, 0.25) is 5.91 Å². The topological polar surface area (TPSA) is 63.5 Å². The Morgan fingerprint density at radius 1 is 1.13 bits per heavy atom. The van der Waals surface area contributed by atoms with E-state index in [1.165, 1.54) is 11.8 Å². The van der Waals surface area contributed by atoms with Gasteiger partial charge in [-0.05, 0) is 48.2 Å². The number of carbonyl (C=O) groups excluding carboxylic acids is 1. The molecule has 1 aliphatic rings. The minimum absolute atomic E-state index is 0.0981. The maximum absolute atomic E-state index is 13.1. The van der Waals surface area contributed by atoms with Crippen LogP contribution in [0, 0.1) is 6.92 Å². The molecule has 164 valence electrons. The Kier molecular flexibility index (Phi) is 8.12. The van der Waals surface area contributed by atoms with E-state index < -0.39 is 0 Å². The second kappa shape index (κ2) is 11.0. The summed E-state index contributed by atoms with van der Waals surface area (Å²) in [5.41, 5.74) is 3.11. The highest BCUT2D eigenvalue weighted by molar-refractivity contribution is 8.15. The summed E-state index contributed by atoms with van der Waals surface area (Å²) in [6.07, 6.45) is 4.59. The number of carbonyl (C=O) groups is 1. The second-order valence-corrected chi connectivity index (χ2v) is 8.51. The molecule has 7 heteroatoms. The standard InChI is InChI=1S/C24H29N3O3S/c1-5-6-11-22-23(28)27(16-19-10-8-7-9-17(19)2)24(31-22)26-25-15-18-12-13-20(29-3)21(14-18)30-4/h7-10,12-15,22H,5-6,11,16H2,1-4H3/b25-15-,26-24+/t22-/m0/s1. The van der Waals surface area contributed by atoms with Crippen LogP contribution in [0.5, 0.6) is 11.5 Å². The summed E-state index contributed by atoms with van der Waals surface area (Å²) in [7, 11) is 3.20. The Bertz CT molecular complexity index is 974. The fourth-order valence-corrected chi connectivity index (χ4v) is 4.48. The molecule has 0 radical (unpaired) electrons. The van der Waals surface area contributed by atoms with Crippen LogP contribution in [-0.4, -0.2) is 41.7 Å². The molecule has 0 aromatic heterocycles. The maximum atomic E-state index is 13.1. The number of ether oxygens (including phenoxy) is 2. The predicted molar refractivity (Wildman–Crippen MR) is 127 cm³/mol. The van der Waals surface area contributed by atoms with Gasteiger partial charge in [0.15, 0.2) is 16.7 Å². The van der Waals surface area contributed by atoms with Gasteiger partial charge >= 0.3 is 0 Å². The molecule has 2 aromatic carbocycles. The molecule has 31 heavy (non-hydrogen) atoms. The summed E-state index contributed by atoms with van der Waals surface area (Å²) < 4.78 is 10.6. The van der Waals surface area contributed by atoms with Gasteiger partial charge in [-0.2, -0.15) is 5.10 Å². The molecule has 0 aliphatic carbocycles. The van der Waals surface area contributed by atoms with Gasteiger partial charge < -0.3 is 9.47 Å². The Balaban J connectivity index is 1.83. The van der Waals surface area contributed by atoms with Crippen molar-refractivity contribution in [1.29, 1.82) is 0 Å². The summed E-state index contributed by atoms with van der Waals surface area (Å²) >= 11 is 1.51. The van der Waals surface area contributed by atoms with E-state index in [9.17, 15) is 4.79 Å². The molecule has 6 nitrogen and oxygen atoms in total. The van der Waals surface area contributed by atoms with Crippen molar-refractivity contribution in [2.24, 2.45) is 10.2 Å². The van der Waals surface area contributed by atoms with E-state index in [4.69, 9.17) is 9.47 Å². The molecule has 1 atom stereocenters. The number of amidine groups is 1. The maximum Gasteiger partial charge on any atom is 0.242 e. The number of rotatable bonds is 9. The van der Waals surface area contributed by atoms with Crippen molar-refractivity contribution in [3.63, 3.8) is 0 Å². The average Bonchev–Trinajstić information content (AvgIpc) is 3.08. The first kappa shape index (κ1) is 22.9. The number of thioether (sulfide) groups is 1. The molecule has 1 aliphatic heterocycles. The smallest absolute Gasteiger partial charge is 0.242 e. The van der Waals surface area contributed by atoms with Gasteiger partial charge in [-0.3, -0.25) is 9.69 Å². The molecule has 0 bridgehead atoms. The summed E-state index contributed by atoms with van der Waals surface area (Å²) in [4.78, 5) is 14.8. The van der Waals surface area contributed by atoms with E-state index in [1.807, 2.05) is 30.3 Å². The average molecular weight is 440 g/mol. The summed E-state index contributed by atoms with van der Waals surface area (Å²) in [5.74, 6) is 1.40. The summed E-state index contributed by atoms with van der Waals surface area (Å²) in [6.45, 7) is 4.70. The van der Waals surface area contributed by atoms with Crippen molar-refractivity contribution in [1.82, 2.24) is 4.90 Å². The van der Waals surface area contributed by atoms with Crippen molar-refractivity contribution in [2.75, 3.05) is 14.2 Å². The molecule has 0 spiro atoms. The Hall–Kier alpha value is -2.80. The summed E-state index contributed by atoms with van der Waals surface area (Å²) in [6, 6.07) is 13.7. The fourth-order valence-electron chi connectivity index (χ4n) is 3.34. The molecule has 0 unspecified atom stereocenters. The lowest BCUT2D eigenvalue weighted by Crippen LogP contribution is -2.31. The lowest BCUT2D eigenvalue weighted by molar-refractivity contribution is -0.126. The van der Waals surface area contributed by atoms with Crippen molar-refractivity contribution < 1.29 is 14.3 Å². The van der Waals surface area contributed by atoms with Crippen LogP contribution in [0.25, 0.3) is 0 Å². The van der Waals surface area contributed by atoms with Gasteiger partial charge in [-0.15, -0.1) is 5.10 Å². The van der Waals surface area contributed by atoms with E-state index >= 15 is 0 Å². The number of unbranched alkanes of at least 4 members (excludes halogenated alkanes) is 1. The number of benzene rings is 2. The van der Waals surface area contributed by atoms with Gasteiger partial charge in [0.05, 0.1) is 32.2 Å². The van der Waals surface area contributed by atoms with Crippen LogP contribution in [0.15, 0.2) is 52.7 Å². The van der Waals surface area contributed by atoms with Crippen LogP contribution < -0.4 is 9.47 Å². The van der Waals surface area contributed by atoms with Crippen LogP contribution in [0.2, 0.25) is 0 Å². The monoisotopic (exact) mass is 439 g/mol. The SMILES string of the molecule is CCCC[C@@H]1S/C(=N/N=C\c2ccc(OC)c(OC)c2)N(Cc2ccccc2C)C1=O. The predicted octanol–water partition coefficient (Wildman–Crippen LogP) is 5.04. The number of hydrogen-bond donors (Lipinski definition) is 0. The highest BCUT2D eigenvalue weighted by atomic mass is 32.2. The zero-order chi connectivity index (χ0) is 22.2. The Labute approximate surface area is 188 Å². The molecule has 1 fully saturated rings. The normalized spacial score (nSPS) is 17.7. The molecule has 0 saturated carbocycles. The van der Waals surface area contributed by atoms with E-state index in [2.05, 4.69) is 36.2 Å². The zero-order valence-electron chi connectivity index (χ0n) is 18.5.